The Morgan fingerprint density at radius 1 is 1.07 bits per heavy atom. The zero-order valence-electron chi connectivity index (χ0n) is 22.8. The third-order valence-electron chi connectivity index (χ3n) is 6.34. The molecule has 1 saturated heterocycles. The van der Waals surface area contributed by atoms with Gasteiger partial charge in [0.25, 0.3) is 5.89 Å². The van der Waals surface area contributed by atoms with Gasteiger partial charge in [0.15, 0.2) is 5.01 Å². The highest BCUT2D eigenvalue weighted by Crippen LogP contribution is 2.31. The number of aromatic nitrogens is 3. The van der Waals surface area contributed by atoms with E-state index in [0.717, 1.165) is 36.8 Å². The van der Waals surface area contributed by atoms with Crippen LogP contribution in [0.1, 0.15) is 16.1 Å². The Morgan fingerprint density at radius 3 is 2.33 bits per heavy atom. The van der Waals surface area contributed by atoms with E-state index >= 15 is 0 Å². The average molecular weight is 630 g/mol. The molecule has 1 fully saturated rings. The van der Waals surface area contributed by atoms with Gasteiger partial charge in [0, 0.05) is 22.5 Å². The van der Waals surface area contributed by atoms with Crippen molar-refractivity contribution in [3.8, 4) is 28.0 Å². The Morgan fingerprint density at radius 2 is 1.72 bits per heavy atom. The van der Waals surface area contributed by atoms with Crippen molar-refractivity contribution in [2.75, 3.05) is 38.1 Å². The molecule has 0 atom stereocenters. The van der Waals surface area contributed by atoms with E-state index in [1.165, 1.54) is 46.9 Å². The molecule has 5 rings (SSSR count). The lowest BCUT2D eigenvalue weighted by Gasteiger charge is -2.32. The van der Waals surface area contributed by atoms with E-state index in [2.05, 4.69) is 51.1 Å². The molecule has 0 amide bonds. The second-order valence-electron chi connectivity index (χ2n) is 9.59. The topological polar surface area (TPSA) is 109 Å². The number of nitrogens with zero attached hydrogens (tertiary/aromatic N) is 4. The van der Waals surface area contributed by atoms with Gasteiger partial charge in [0.05, 0.1) is 38.9 Å². The normalized spacial score (nSPS) is 14.3. The van der Waals surface area contributed by atoms with Crippen molar-refractivity contribution in [1.29, 1.82) is 0 Å². The maximum absolute atomic E-state index is 12.4. The van der Waals surface area contributed by atoms with E-state index in [0.29, 0.717) is 17.0 Å². The lowest BCUT2D eigenvalue weighted by molar-refractivity contribution is -0.880. The van der Waals surface area contributed by atoms with E-state index in [-0.39, 0.29) is 17.5 Å². The monoisotopic (exact) mass is 629 g/mol. The number of carbonyl (C=O) groups excluding carboxylic acids is 1. The molecule has 4 aromatic rings. The lowest BCUT2D eigenvalue weighted by atomic mass is 10.1. The molecule has 230 valence electrons. The fourth-order valence-electron chi connectivity index (χ4n) is 4.12. The van der Waals surface area contributed by atoms with Gasteiger partial charge in [-0.2, -0.15) is 18.2 Å². The number of aryl methyl sites for hydroxylation is 1. The number of likely N-dealkylation sites (N-methyl/N-ethyl adjacent to an activating group) is 1. The van der Waals surface area contributed by atoms with Crippen LogP contribution in [-0.4, -0.2) is 66.9 Å². The average Bonchev–Trinajstić information content (AvgIpc) is 3.56. The van der Waals surface area contributed by atoms with Gasteiger partial charge in [-0.05, 0) is 48.9 Å². The number of ether oxygens (including phenoxy) is 1. The minimum atomic E-state index is -5.19. The zero-order valence-corrected chi connectivity index (χ0v) is 23.6. The molecular weight excluding hydrogens is 604 g/mol. The summed E-state index contributed by atoms with van der Waals surface area (Å²) in [6.07, 6.45) is -9.25. The number of carbonyl (C=O) groups is 1. The van der Waals surface area contributed by atoms with Crippen LogP contribution in [0.4, 0.5) is 32.0 Å². The van der Waals surface area contributed by atoms with Crippen LogP contribution >= 0.6 is 11.3 Å². The van der Waals surface area contributed by atoms with Gasteiger partial charge in [-0.3, -0.25) is 0 Å². The number of halogens is 6. The number of aliphatic carboxylic acids is 1. The van der Waals surface area contributed by atoms with Crippen LogP contribution in [0.3, 0.4) is 0 Å². The number of anilines is 1. The molecule has 9 nitrogen and oxygen atoms in total. The first-order valence-electron chi connectivity index (χ1n) is 12.8. The van der Waals surface area contributed by atoms with Crippen molar-refractivity contribution in [2.24, 2.45) is 0 Å². The number of nitrogens with one attached hydrogen (secondary N) is 1. The first-order valence-corrected chi connectivity index (χ1v) is 13.6. The molecule has 2 aromatic carbocycles. The molecule has 1 aliphatic heterocycles. The minimum absolute atomic E-state index is 0.264. The van der Waals surface area contributed by atoms with Crippen LogP contribution in [0, 0.1) is 6.92 Å². The zero-order chi connectivity index (χ0) is 31.4. The molecule has 1 aliphatic rings. The SMILES string of the molecule is Cc1sc(-c2nc(-c3ccc(OC(F)(F)F)cc3)no2)nc1Cc1cccc(N2CC[NH+](C)CC2)c1.O=C([O-])C(F)(F)F. The van der Waals surface area contributed by atoms with Crippen molar-refractivity contribution in [2.45, 2.75) is 25.9 Å². The molecule has 0 bridgehead atoms. The summed E-state index contributed by atoms with van der Waals surface area (Å²) in [6, 6.07) is 13.9. The number of quaternary nitrogens is 1. The van der Waals surface area contributed by atoms with Crippen molar-refractivity contribution >= 4 is 23.0 Å². The number of hydrogen-bond donors (Lipinski definition) is 1. The standard InChI is InChI=1S/C25H24F3N5O2S.C2HF3O2/c1-16-21(15-17-4-3-5-19(14-17)33-12-10-32(2)11-13-33)29-24(36-16)23-30-22(31-35-23)18-6-8-20(9-7-18)34-25(26,27)28;3-2(4,5)1(6)7/h3-9,14H,10-13,15H2,1-2H3;(H,6,7). The fourth-order valence-corrected chi connectivity index (χ4v) is 4.97. The summed E-state index contributed by atoms with van der Waals surface area (Å²) in [4.78, 5) is 23.0. The molecule has 3 heterocycles. The molecule has 43 heavy (non-hydrogen) atoms. The highest BCUT2D eigenvalue weighted by Gasteiger charge is 2.31. The Bertz CT molecular complexity index is 1530. The number of rotatable bonds is 6. The van der Waals surface area contributed by atoms with Gasteiger partial charge >= 0.3 is 12.5 Å². The molecular formula is C27H25F6N5O4S. The number of piperazine rings is 1. The van der Waals surface area contributed by atoms with Crippen molar-refractivity contribution in [3.63, 3.8) is 0 Å². The molecule has 1 N–H and O–H groups in total. The third kappa shape index (κ3) is 8.90. The van der Waals surface area contributed by atoms with Gasteiger partial charge in [-0.15, -0.1) is 24.5 Å². The lowest BCUT2D eigenvalue weighted by Crippen LogP contribution is -3.12. The number of alkyl halides is 6. The summed E-state index contributed by atoms with van der Waals surface area (Å²) in [6.45, 7) is 6.38. The summed E-state index contributed by atoms with van der Waals surface area (Å²) < 4.78 is 78.0. The van der Waals surface area contributed by atoms with E-state index in [9.17, 15) is 26.3 Å². The summed E-state index contributed by atoms with van der Waals surface area (Å²) in [7, 11) is 2.23. The predicted octanol–water partition coefficient (Wildman–Crippen LogP) is 3.29. The minimum Gasteiger partial charge on any atom is -0.542 e. The number of carboxylic acids is 1. The molecule has 0 aliphatic carbocycles. The Balaban J connectivity index is 0.000000541. The number of benzene rings is 2. The summed E-state index contributed by atoms with van der Waals surface area (Å²) in [5.74, 6) is -2.78. The smallest absolute Gasteiger partial charge is 0.542 e. The van der Waals surface area contributed by atoms with Gasteiger partial charge in [0.1, 0.15) is 11.7 Å². The Labute approximate surface area is 245 Å². The molecule has 0 unspecified atom stereocenters. The summed E-state index contributed by atoms with van der Waals surface area (Å²) in [5.41, 5.74) is 3.88. The van der Waals surface area contributed by atoms with Crippen LogP contribution in [-0.2, 0) is 11.2 Å². The van der Waals surface area contributed by atoms with Gasteiger partial charge in [-0.1, -0.05) is 17.3 Å². The number of thiazole rings is 1. The second-order valence-corrected chi connectivity index (χ2v) is 10.8. The largest absolute Gasteiger partial charge is 0.573 e. The van der Waals surface area contributed by atoms with E-state index in [4.69, 9.17) is 19.4 Å². The highest BCUT2D eigenvalue weighted by molar-refractivity contribution is 7.15. The second kappa shape index (κ2) is 13.0. The summed E-state index contributed by atoms with van der Waals surface area (Å²) >= 11 is 1.47. The Kier molecular flexibility index (Phi) is 9.59. The van der Waals surface area contributed by atoms with Crippen LogP contribution in [0.25, 0.3) is 22.3 Å². The molecule has 16 heteroatoms. The summed E-state index contributed by atoms with van der Waals surface area (Å²) in [5, 5.41) is 13.4. The fraction of sp³-hybridized carbons (Fsp3) is 0.333. The van der Waals surface area contributed by atoms with Crippen LogP contribution < -0.4 is 19.6 Å². The van der Waals surface area contributed by atoms with Gasteiger partial charge in [-0.25, -0.2) is 4.98 Å². The van der Waals surface area contributed by atoms with Crippen molar-refractivity contribution in [3.05, 3.63) is 64.7 Å². The molecule has 0 spiro atoms. The van der Waals surface area contributed by atoms with Crippen molar-refractivity contribution in [1.82, 2.24) is 15.1 Å². The quantitative estimate of drug-likeness (QED) is 0.324. The maximum Gasteiger partial charge on any atom is 0.573 e. The first-order chi connectivity index (χ1) is 20.2. The van der Waals surface area contributed by atoms with E-state index < -0.39 is 18.5 Å². The number of carboxylic acid groups (broad SMARTS) is 1. The van der Waals surface area contributed by atoms with Crippen LogP contribution in [0.2, 0.25) is 0 Å². The van der Waals surface area contributed by atoms with Gasteiger partial charge in [0.2, 0.25) is 5.82 Å². The van der Waals surface area contributed by atoms with E-state index in [1.54, 1.807) is 4.90 Å². The van der Waals surface area contributed by atoms with Gasteiger partial charge < -0.3 is 29.0 Å². The Hall–Kier alpha value is -4.18. The maximum atomic E-state index is 12.4. The first kappa shape index (κ1) is 31.7. The predicted molar refractivity (Wildman–Crippen MR) is 141 cm³/mol. The van der Waals surface area contributed by atoms with E-state index in [1.807, 2.05) is 6.92 Å². The molecule has 0 radical (unpaired) electrons. The molecule has 0 saturated carbocycles. The number of hydrogen-bond acceptors (Lipinski definition) is 9. The van der Waals surface area contributed by atoms with Crippen molar-refractivity contribution < 1.29 is 50.4 Å². The van der Waals surface area contributed by atoms with Crippen LogP contribution in [0.5, 0.6) is 5.75 Å². The van der Waals surface area contributed by atoms with Crippen LogP contribution in [0.15, 0.2) is 53.1 Å². The highest BCUT2D eigenvalue weighted by atomic mass is 32.1. The third-order valence-corrected chi connectivity index (χ3v) is 7.34. The molecule has 2 aromatic heterocycles.